The molecule has 2 rings (SSSR count). The maximum absolute atomic E-state index is 7.26. The van der Waals surface area contributed by atoms with Gasteiger partial charge < -0.3 is 15.2 Å². The highest BCUT2D eigenvalue weighted by molar-refractivity contribution is 5.92. The second-order valence-corrected chi connectivity index (χ2v) is 4.83. The highest BCUT2D eigenvalue weighted by Crippen LogP contribution is 2.11. The monoisotopic (exact) mass is 300 g/mol. The lowest BCUT2D eigenvalue weighted by atomic mass is 10.3. The van der Waals surface area contributed by atoms with Gasteiger partial charge >= 0.3 is 0 Å². The third kappa shape index (κ3) is 5.05. The Morgan fingerprint density at radius 3 is 2.05 bits per heavy atom. The van der Waals surface area contributed by atoms with E-state index >= 15 is 0 Å². The summed E-state index contributed by atoms with van der Waals surface area (Å²) >= 11 is 0. The van der Waals surface area contributed by atoms with E-state index in [1.54, 1.807) is 24.5 Å². The minimum atomic E-state index is -0.0469. The Hall–Kier alpha value is -2.63. The van der Waals surface area contributed by atoms with Gasteiger partial charge in [0, 0.05) is 5.69 Å². The number of hydrogen-bond donors (Lipinski definition) is 2. The number of amidine groups is 1. The maximum atomic E-state index is 7.26. The second kappa shape index (κ2) is 7.97. The van der Waals surface area contributed by atoms with Crippen LogP contribution >= 0.6 is 0 Å². The van der Waals surface area contributed by atoms with E-state index in [1.165, 1.54) is 0 Å². The molecule has 0 aliphatic carbocycles. The van der Waals surface area contributed by atoms with Crippen molar-refractivity contribution in [2.75, 3.05) is 13.2 Å². The number of nitrogen functional groups attached to an aromatic ring is 1. The van der Waals surface area contributed by atoms with Crippen LogP contribution in [-0.4, -0.2) is 29.0 Å². The lowest BCUT2D eigenvalue weighted by Gasteiger charge is -2.08. The van der Waals surface area contributed by atoms with Crippen molar-refractivity contribution in [1.82, 2.24) is 9.97 Å². The van der Waals surface area contributed by atoms with Crippen LogP contribution in [0.5, 0.6) is 11.5 Å². The Kier molecular flexibility index (Phi) is 5.71. The summed E-state index contributed by atoms with van der Waals surface area (Å²) in [6, 6.07) is 7.28. The van der Waals surface area contributed by atoms with Crippen LogP contribution in [0, 0.1) is 12.3 Å². The normalized spacial score (nSPS) is 10.2. The van der Waals surface area contributed by atoms with Crippen LogP contribution in [0.2, 0.25) is 0 Å². The largest absolute Gasteiger partial charge is 0.492 e. The fourth-order valence-corrected chi connectivity index (χ4v) is 1.75. The molecule has 6 heteroatoms. The average Bonchev–Trinajstić information content (AvgIpc) is 2.53. The Bertz CT molecular complexity index is 597. The van der Waals surface area contributed by atoms with E-state index in [1.807, 2.05) is 19.1 Å². The summed E-state index contributed by atoms with van der Waals surface area (Å²) in [5.74, 6) is 1.42. The zero-order valence-corrected chi connectivity index (χ0v) is 12.6. The van der Waals surface area contributed by atoms with Gasteiger partial charge in [-0.25, -0.2) is 4.98 Å². The van der Waals surface area contributed by atoms with E-state index in [0.717, 1.165) is 24.3 Å². The van der Waals surface area contributed by atoms with Crippen molar-refractivity contribution in [2.24, 2.45) is 5.73 Å². The molecule has 0 aromatic carbocycles. The molecule has 116 valence electrons. The minimum absolute atomic E-state index is 0.0469. The molecule has 0 spiro atoms. The highest BCUT2D eigenvalue weighted by Gasteiger charge is 1.99. The smallest absolute Gasteiger partial charge is 0.141 e. The minimum Gasteiger partial charge on any atom is -0.492 e. The first kappa shape index (κ1) is 15.8. The van der Waals surface area contributed by atoms with Crippen LogP contribution < -0.4 is 15.2 Å². The topological polar surface area (TPSA) is 94.1 Å². The number of aryl methyl sites for hydroxylation is 1. The molecule has 0 radical (unpaired) electrons. The van der Waals surface area contributed by atoms with Crippen molar-refractivity contribution in [3.8, 4) is 11.5 Å². The summed E-state index contributed by atoms with van der Waals surface area (Å²) in [5, 5.41) is 7.26. The van der Waals surface area contributed by atoms with Gasteiger partial charge in [0.2, 0.25) is 0 Å². The van der Waals surface area contributed by atoms with Gasteiger partial charge in [-0.1, -0.05) is 0 Å². The lowest BCUT2D eigenvalue weighted by molar-refractivity contribution is 0.265. The van der Waals surface area contributed by atoms with Gasteiger partial charge in [-0.15, -0.1) is 0 Å². The van der Waals surface area contributed by atoms with E-state index in [-0.39, 0.29) is 5.84 Å². The van der Waals surface area contributed by atoms with Crippen molar-refractivity contribution < 1.29 is 9.47 Å². The number of nitrogens with zero attached hydrogens (tertiary/aromatic N) is 2. The van der Waals surface area contributed by atoms with Crippen LogP contribution in [0.3, 0.4) is 0 Å². The number of ether oxygens (including phenoxy) is 2. The van der Waals surface area contributed by atoms with Crippen LogP contribution in [0.25, 0.3) is 0 Å². The number of hydrogen-bond acceptors (Lipinski definition) is 5. The van der Waals surface area contributed by atoms with Gasteiger partial charge in [-0.05, 0) is 44.0 Å². The van der Waals surface area contributed by atoms with E-state index in [0.29, 0.717) is 24.7 Å². The van der Waals surface area contributed by atoms with Crippen molar-refractivity contribution >= 4 is 5.84 Å². The summed E-state index contributed by atoms with van der Waals surface area (Å²) in [7, 11) is 0. The predicted molar refractivity (Wildman–Crippen MR) is 84.5 cm³/mol. The van der Waals surface area contributed by atoms with Gasteiger partial charge in [-0.2, -0.15) is 0 Å². The fourth-order valence-electron chi connectivity index (χ4n) is 1.75. The first-order valence-corrected chi connectivity index (χ1v) is 7.14. The molecule has 2 heterocycles. The first-order chi connectivity index (χ1) is 10.6. The third-order valence-corrected chi connectivity index (χ3v) is 2.97. The number of nitrogens with two attached hydrogens (primary N) is 1. The van der Waals surface area contributed by atoms with E-state index in [9.17, 15) is 0 Å². The fraction of sp³-hybridized carbons (Fsp3) is 0.312. The van der Waals surface area contributed by atoms with Crippen molar-refractivity contribution in [3.05, 3.63) is 48.0 Å². The molecule has 0 atom stereocenters. The molecule has 0 saturated carbocycles. The molecule has 0 unspecified atom stereocenters. The summed E-state index contributed by atoms with van der Waals surface area (Å²) in [6.07, 6.45) is 5.08. The Morgan fingerprint density at radius 1 is 1.00 bits per heavy atom. The first-order valence-electron chi connectivity index (χ1n) is 7.14. The molecule has 3 N–H and O–H groups in total. The van der Waals surface area contributed by atoms with Gasteiger partial charge in [0.05, 0.1) is 25.6 Å². The predicted octanol–water partition coefficient (Wildman–Crippen LogP) is 2.31. The second-order valence-electron chi connectivity index (χ2n) is 4.83. The molecular formula is C16H20N4O2. The number of nitrogens with one attached hydrogen (secondary N) is 1. The molecule has 0 fully saturated rings. The number of rotatable bonds is 8. The zero-order chi connectivity index (χ0) is 15.8. The Labute approximate surface area is 129 Å². The Balaban J connectivity index is 1.61. The van der Waals surface area contributed by atoms with E-state index in [4.69, 9.17) is 20.6 Å². The van der Waals surface area contributed by atoms with Gasteiger partial charge in [-0.3, -0.25) is 10.4 Å². The van der Waals surface area contributed by atoms with Crippen molar-refractivity contribution in [1.29, 1.82) is 5.41 Å². The maximum Gasteiger partial charge on any atom is 0.141 e. The van der Waals surface area contributed by atoms with Crippen molar-refractivity contribution in [2.45, 2.75) is 19.8 Å². The number of unbranched alkanes of at least 4 members (excludes halogenated alkanes) is 1. The van der Waals surface area contributed by atoms with Crippen molar-refractivity contribution in [3.63, 3.8) is 0 Å². The molecule has 0 saturated heterocycles. The molecule has 22 heavy (non-hydrogen) atoms. The summed E-state index contributed by atoms with van der Waals surface area (Å²) in [4.78, 5) is 8.21. The Morgan fingerprint density at radius 2 is 1.59 bits per heavy atom. The zero-order valence-electron chi connectivity index (χ0n) is 12.6. The molecule has 0 bridgehead atoms. The lowest BCUT2D eigenvalue weighted by Crippen LogP contribution is -2.12. The number of aromatic nitrogens is 2. The van der Waals surface area contributed by atoms with E-state index in [2.05, 4.69) is 9.97 Å². The van der Waals surface area contributed by atoms with Crippen LogP contribution in [0.1, 0.15) is 24.2 Å². The molecule has 0 aliphatic rings. The molecule has 2 aromatic rings. The van der Waals surface area contributed by atoms with Crippen LogP contribution in [0.4, 0.5) is 0 Å². The van der Waals surface area contributed by atoms with Gasteiger partial charge in [0.1, 0.15) is 23.0 Å². The number of pyridine rings is 2. The van der Waals surface area contributed by atoms with Gasteiger partial charge in [0.15, 0.2) is 0 Å². The highest BCUT2D eigenvalue weighted by atomic mass is 16.5. The van der Waals surface area contributed by atoms with Crippen LogP contribution in [0.15, 0.2) is 36.7 Å². The van der Waals surface area contributed by atoms with Crippen LogP contribution in [-0.2, 0) is 0 Å². The molecule has 0 aliphatic heterocycles. The molecule has 6 nitrogen and oxygen atoms in total. The molecular weight excluding hydrogens is 280 g/mol. The quantitative estimate of drug-likeness (QED) is 0.443. The van der Waals surface area contributed by atoms with Gasteiger partial charge in [0.25, 0.3) is 0 Å². The summed E-state index contributed by atoms with van der Waals surface area (Å²) in [5.41, 5.74) is 6.76. The standard InChI is InChI=1S/C16H20N4O2/c1-12-4-5-13(10-19-12)21-8-2-3-9-22-14-6-7-15(16(17)18)20-11-14/h4-7,10-11H,2-3,8-9H2,1H3,(H3,17,18). The third-order valence-electron chi connectivity index (χ3n) is 2.97. The van der Waals surface area contributed by atoms with E-state index < -0.39 is 0 Å². The molecule has 0 amide bonds. The SMILES string of the molecule is Cc1ccc(OCCCCOc2ccc(C(=N)N)nc2)cn1. The average molecular weight is 300 g/mol. The summed E-state index contributed by atoms with van der Waals surface area (Å²) < 4.78 is 11.2. The molecule has 2 aromatic heterocycles. The summed E-state index contributed by atoms with van der Waals surface area (Å²) in [6.45, 7) is 3.17.